The van der Waals surface area contributed by atoms with E-state index in [-0.39, 0.29) is 11.7 Å². The average Bonchev–Trinajstić information content (AvgIpc) is 3.18. The maximum Gasteiger partial charge on any atom is 0.272 e. The first-order chi connectivity index (χ1) is 14.3. The van der Waals surface area contributed by atoms with Crippen molar-refractivity contribution in [2.45, 2.75) is 26.3 Å². The summed E-state index contributed by atoms with van der Waals surface area (Å²) in [4.78, 5) is 20.5. The van der Waals surface area contributed by atoms with Gasteiger partial charge < -0.3 is 20.1 Å². The molecule has 30 heavy (non-hydrogen) atoms. The molecule has 0 saturated carbocycles. The van der Waals surface area contributed by atoms with Crippen LogP contribution in [-0.2, 0) is 0 Å². The summed E-state index contributed by atoms with van der Waals surface area (Å²) in [5, 5.41) is 3.38. The van der Waals surface area contributed by atoms with Crippen LogP contribution in [0.3, 0.4) is 0 Å². The Bertz CT molecular complexity index is 1040. The van der Waals surface area contributed by atoms with Crippen molar-refractivity contribution in [3.63, 3.8) is 0 Å². The standard InChI is InChI=1S/C24H29FN4O/c1-15-8-9-20(25)19-13-21(27-23(15)19)24(30)26-17-6-5-7-18(12-17)29-11-10-22(28(3)4)16(2)14-29/h5-9,12-13,16,22,27H,10-11,14H2,1-4H3,(H,26,30). The van der Waals surface area contributed by atoms with E-state index < -0.39 is 0 Å². The number of anilines is 2. The Labute approximate surface area is 176 Å². The van der Waals surface area contributed by atoms with Crippen LogP contribution in [0.15, 0.2) is 42.5 Å². The highest BCUT2D eigenvalue weighted by molar-refractivity contribution is 6.06. The second kappa shape index (κ2) is 8.11. The molecule has 0 aliphatic carbocycles. The summed E-state index contributed by atoms with van der Waals surface area (Å²) in [5.41, 5.74) is 3.75. The number of aromatic nitrogens is 1. The molecule has 0 radical (unpaired) electrons. The zero-order valence-corrected chi connectivity index (χ0v) is 18.0. The van der Waals surface area contributed by atoms with Gasteiger partial charge >= 0.3 is 0 Å². The minimum atomic E-state index is -0.330. The number of piperidine rings is 1. The normalized spacial score (nSPS) is 19.5. The second-order valence-electron chi connectivity index (χ2n) is 8.58. The largest absolute Gasteiger partial charge is 0.371 e. The van der Waals surface area contributed by atoms with E-state index in [4.69, 9.17) is 0 Å². The molecule has 1 aliphatic rings. The van der Waals surface area contributed by atoms with E-state index in [0.29, 0.717) is 28.6 Å². The average molecular weight is 409 g/mol. The van der Waals surface area contributed by atoms with Crippen molar-refractivity contribution in [1.82, 2.24) is 9.88 Å². The Kier molecular flexibility index (Phi) is 5.52. The number of hydrogen-bond donors (Lipinski definition) is 2. The molecule has 2 atom stereocenters. The summed E-state index contributed by atoms with van der Waals surface area (Å²) in [6.07, 6.45) is 1.12. The number of rotatable bonds is 4. The number of fused-ring (bicyclic) bond motifs is 1. The van der Waals surface area contributed by atoms with E-state index in [1.807, 2.05) is 25.1 Å². The number of benzene rings is 2. The lowest BCUT2D eigenvalue weighted by molar-refractivity contribution is 0.102. The minimum Gasteiger partial charge on any atom is -0.371 e. The SMILES string of the molecule is Cc1ccc(F)c2cc(C(=O)Nc3cccc(N4CCC(N(C)C)C(C)C4)c3)[nH]c12. The Morgan fingerprint density at radius 1 is 1.23 bits per heavy atom. The van der Waals surface area contributed by atoms with Gasteiger partial charge in [-0.1, -0.05) is 19.1 Å². The van der Waals surface area contributed by atoms with Crippen LogP contribution in [0.5, 0.6) is 0 Å². The van der Waals surface area contributed by atoms with Gasteiger partial charge in [-0.15, -0.1) is 0 Å². The van der Waals surface area contributed by atoms with Crippen LogP contribution in [0.2, 0.25) is 0 Å². The van der Waals surface area contributed by atoms with E-state index in [2.05, 4.69) is 47.2 Å². The smallest absolute Gasteiger partial charge is 0.272 e. The Morgan fingerprint density at radius 2 is 2.03 bits per heavy atom. The van der Waals surface area contributed by atoms with E-state index in [1.54, 1.807) is 12.1 Å². The molecule has 1 fully saturated rings. The fraction of sp³-hybridized carbons (Fsp3) is 0.375. The van der Waals surface area contributed by atoms with E-state index >= 15 is 0 Å². The molecule has 1 aromatic heterocycles. The predicted molar refractivity (Wildman–Crippen MR) is 121 cm³/mol. The molecule has 1 aliphatic heterocycles. The van der Waals surface area contributed by atoms with Crippen molar-refractivity contribution < 1.29 is 9.18 Å². The first-order valence-corrected chi connectivity index (χ1v) is 10.4. The summed E-state index contributed by atoms with van der Waals surface area (Å²) >= 11 is 0. The molecular formula is C24H29FN4O. The molecule has 2 aromatic carbocycles. The van der Waals surface area contributed by atoms with E-state index in [0.717, 1.165) is 36.4 Å². The van der Waals surface area contributed by atoms with Crippen molar-refractivity contribution in [1.29, 1.82) is 0 Å². The molecule has 158 valence electrons. The summed E-state index contributed by atoms with van der Waals surface area (Å²) in [7, 11) is 4.29. The number of carbonyl (C=O) groups is 1. The molecule has 0 spiro atoms. The van der Waals surface area contributed by atoms with Crippen molar-refractivity contribution >= 4 is 28.2 Å². The first-order valence-electron chi connectivity index (χ1n) is 10.4. The summed E-state index contributed by atoms with van der Waals surface area (Å²) in [6.45, 7) is 6.16. The van der Waals surface area contributed by atoms with Gasteiger partial charge in [0, 0.05) is 35.9 Å². The van der Waals surface area contributed by atoms with Crippen LogP contribution in [-0.4, -0.2) is 49.0 Å². The number of hydrogen-bond acceptors (Lipinski definition) is 3. The zero-order valence-electron chi connectivity index (χ0n) is 18.0. The molecule has 1 amide bonds. The van der Waals surface area contributed by atoms with Crippen LogP contribution in [0.1, 0.15) is 29.4 Å². The second-order valence-corrected chi connectivity index (χ2v) is 8.58. The molecule has 1 saturated heterocycles. The molecule has 2 heterocycles. The van der Waals surface area contributed by atoms with Gasteiger partial charge in [-0.25, -0.2) is 4.39 Å². The molecule has 2 unspecified atom stereocenters. The molecule has 5 nitrogen and oxygen atoms in total. The lowest BCUT2D eigenvalue weighted by Gasteiger charge is -2.41. The van der Waals surface area contributed by atoms with Gasteiger partial charge in [-0.05, 0) is 69.3 Å². The highest BCUT2D eigenvalue weighted by Crippen LogP contribution is 2.28. The highest BCUT2D eigenvalue weighted by atomic mass is 19.1. The maximum absolute atomic E-state index is 14.1. The summed E-state index contributed by atoms with van der Waals surface area (Å²) in [6, 6.07) is 13.2. The van der Waals surface area contributed by atoms with Gasteiger partial charge in [-0.2, -0.15) is 0 Å². The zero-order chi connectivity index (χ0) is 21.4. The fourth-order valence-corrected chi connectivity index (χ4v) is 4.56. The van der Waals surface area contributed by atoms with Crippen LogP contribution < -0.4 is 10.2 Å². The van der Waals surface area contributed by atoms with Gasteiger partial charge in [0.15, 0.2) is 0 Å². The number of halogens is 1. The van der Waals surface area contributed by atoms with Crippen molar-refractivity contribution in [3.05, 3.63) is 59.5 Å². The third-order valence-electron chi connectivity index (χ3n) is 6.19. The maximum atomic E-state index is 14.1. The number of amides is 1. The van der Waals surface area contributed by atoms with Gasteiger partial charge in [0.2, 0.25) is 0 Å². The third kappa shape index (κ3) is 3.92. The number of nitrogens with one attached hydrogen (secondary N) is 2. The number of aryl methyl sites for hydroxylation is 1. The number of nitrogens with zero attached hydrogens (tertiary/aromatic N) is 2. The van der Waals surface area contributed by atoms with Gasteiger partial charge in [0.1, 0.15) is 11.5 Å². The van der Waals surface area contributed by atoms with Crippen molar-refractivity contribution in [2.24, 2.45) is 5.92 Å². The minimum absolute atomic E-state index is 0.276. The van der Waals surface area contributed by atoms with Crippen LogP contribution in [0, 0.1) is 18.7 Å². The lowest BCUT2D eigenvalue weighted by atomic mass is 9.92. The molecule has 6 heteroatoms. The van der Waals surface area contributed by atoms with Crippen molar-refractivity contribution in [2.75, 3.05) is 37.4 Å². The van der Waals surface area contributed by atoms with Gasteiger partial charge in [0.05, 0.1) is 5.52 Å². The Balaban J connectivity index is 1.50. The molecule has 3 aromatic rings. The van der Waals surface area contributed by atoms with E-state index in [9.17, 15) is 9.18 Å². The third-order valence-corrected chi connectivity index (χ3v) is 6.19. The highest BCUT2D eigenvalue weighted by Gasteiger charge is 2.27. The van der Waals surface area contributed by atoms with Crippen LogP contribution in [0.4, 0.5) is 15.8 Å². The number of carbonyl (C=O) groups excluding carboxylic acids is 1. The molecule has 2 N–H and O–H groups in total. The molecular weight excluding hydrogens is 379 g/mol. The topological polar surface area (TPSA) is 51.4 Å². The van der Waals surface area contributed by atoms with Crippen LogP contribution in [0.25, 0.3) is 10.9 Å². The van der Waals surface area contributed by atoms with Crippen molar-refractivity contribution in [3.8, 4) is 0 Å². The molecule has 0 bridgehead atoms. The van der Waals surface area contributed by atoms with Gasteiger partial charge in [-0.3, -0.25) is 4.79 Å². The summed E-state index contributed by atoms with van der Waals surface area (Å²) in [5.74, 6) is -0.0403. The predicted octanol–water partition coefficient (Wildman–Crippen LogP) is 4.64. The fourth-order valence-electron chi connectivity index (χ4n) is 4.56. The summed E-state index contributed by atoms with van der Waals surface area (Å²) < 4.78 is 14.1. The van der Waals surface area contributed by atoms with E-state index in [1.165, 1.54) is 6.07 Å². The monoisotopic (exact) mass is 408 g/mol. The molecule has 4 rings (SSSR count). The van der Waals surface area contributed by atoms with Gasteiger partial charge in [0.25, 0.3) is 5.91 Å². The Morgan fingerprint density at radius 3 is 2.73 bits per heavy atom. The number of aromatic amines is 1. The lowest BCUT2D eigenvalue weighted by Crippen LogP contribution is -2.47. The number of H-pyrrole nitrogens is 1. The first kappa shape index (κ1) is 20.4. The Hall–Kier alpha value is -2.86. The van der Waals surface area contributed by atoms with Crippen LogP contribution >= 0.6 is 0 Å². The quantitative estimate of drug-likeness (QED) is 0.661.